The van der Waals surface area contributed by atoms with E-state index in [9.17, 15) is 0 Å². The van der Waals surface area contributed by atoms with Gasteiger partial charge in [0.1, 0.15) is 11.3 Å². The van der Waals surface area contributed by atoms with Gasteiger partial charge >= 0.3 is 0 Å². The molecule has 0 atom stereocenters. The Balaban J connectivity index is 0.000000980. The number of nitrogens with two attached hydrogens (primary N) is 1. The molecule has 0 unspecified atom stereocenters. The van der Waals surface area contributed by atoms with Crippen LogP contribution in [0.2, 0.25) is 5.02 Å². The first-order valence-corrected chi connectivity index (χ1v) is 4.80. The van der Waals surface area contributed by atoms with Crippen molar-refractivity contribution in [2.45, 2.75) is 0 Å². The minimum absolute atomic E-state index is 0. The van der Waals surface area contributed by atoms with E-state index in [0.29, 0.717) is 15.9 Å². The van der Waals surface area contributed by atoms with Crippen molar-refractivity contribution < 1.29 is 4.74 Å². The lowest BCUT2D eigenvalue weighted by molar-refractivity contribution is 0.419. The Hall–Kier alpha value is -0.710. The van der Waals surface area contributed by atoms with E-state index >= 15 is 0 Å². The highest BCUT2D eigenvalue weighted by molar-refractivity contribution is 7.22. The van der Waals surface area contributed by atoms with Crippen LogP contribution in [0.1, 0.15) is 0 Å². The van der Waals surface area contributed by atoms with Crippen LogP contribution < -0.4 is 10.5 Å². The molecular weight excluding hydrogens is 243 g/mol. The topological polar surface area (TPSA) is 48.1 Å². The highest BCUT2D eigenvalue weighted by Gasteiger charge is 2.09. The van der Waals surface area contributed by atoms with Crippen molar-refractivity contribution in [1.29, 1.82) is 0 Å². The molecule has 0 amide bonds. The molecule has 14 heavy (non-hydrogen) atoms. The Kier molecular flexibility index (Phi) is 3.42. The second-order valence-corrected chi connectivity index (χ2v) is 3.92. The predicted molar refractivity (Wildman–Crippen MR) is 62.8 cm³/mol. The van der Waals surface area contributed by atoms with Crippen LogP contribution in [0.4, 0.5) is 5.13 Å². The molecule has 1 aromatic heterocycles. The number of nitrogens with zero attached hydrogens (tertiary/aromatic N) is 1. The molecule has 0 bridgehead atoms. The summed E-state index contributed by atoms with van der Waals surface area (Å²) in [6, 6.07) is 3.56. The fourth-order valence-corrected chi connectivity index (χ4v) is 2.16. The van der Waals surface area contributed by atoms with Gasteiger partial charge in [0.2, 0.25) is 0 Å². The van der Waals surface area contributed by atoms with E-state index < -0.39 is 0 Å². The molecule has 0 fully saturated rings. The first-order valence-electron chi connectivity index (χ1n) is 3.61. The number of hydrogen-bond acceptors (Lipinski definition) is 4. The molecular formula is C8H8Cl2N2OS. The minimum atomic E-state index is 0. The zero-order valence-electron chi connectivity index (χ0n) is 7.28. The molecule has 76 valence electrons. The Labute approximate surface area is 96.2 Å². The highest BCUT2D eigenvalue weighted by Crippen LogP contribution is 2.35. The lowest BCUT2D eigenvalue weighted by Crippen LogP contribution is -1.85. The maximum absolute atomic E-state index is 5.96. The SMILES string of the molecule is COc1ccc(Cl)c2sc(N)nc12.Cl. The first kappa shape index (κ1) is 11.4. The van der Waals surface area contributed by atoms with Crippen LogP contribution >= 0.6 is 35.3 Å². The molecule has 0 aliphatic carbocycles. The molecule has 0 saturated carbocycles. The molecule has 1 heterocycles. The number of anilines is 1. The summed E-state index contributed by atoms with van der Waals surface area (Å²) in [6.07, 6.45) is 0. The van der Waals surface area contributed by atoms with Crippen LogP contribution in [0.25, 0.3) is 10.2 Å². The smallest absolute Gasteiger partial charge is 0.181 e. The second-order valence-electron chi connectivity index (χ2n) is 2.48. The molecule has 3 nitrogen and oxygen atoms in total. The molecule has 6 heteroatoms. The fraction of sp³-hybridized carbons (Fsp3) is 0.125. The van der Waals surface area contributed by atoms with Crippen molar-refractivity contribution in [1.82, 2.24) is 4.98 Å². The standard InChI is InChI=1S/C8H7ClN2OS.ClH/c1-12-5-3-2-4(9)7-6(5)11-8(10)13-7;/h2-3H,1H3,(H2,10,11);1H. The van der Waals surface area contributed by atoms with Crippen LogP contribution in [0.3, 0.4) is 0 Å². The number of thiazole rings is 1. The van der Waals surface area contributed by atoms with E-state index in [1.54, 1.807) is 19.2 Å². The molecule has 1 aromatic carbocycles. The number of benzene rings is 1. The van der Waals surface area contributed by atoms with Gasteiger partial charge in [0.25, 0.3) is 0 Å². The van der Waals surface area contributed by atoms with E-state index in [0.717, 1.165) is 10.2 Å². The van der Waals surface area contributed by atoms with Crippen LogP contribution in [0.5, 0.6) is 5.75 Å². The van der Waals surface area contributed by atoms with E-state index in [-0.39, 0.29) is 12.4 Å². The summed E-state index contributed by atoms with van der Waals surface area (Å²) in [5.74, 6) is 0.701. The molecule has 2 rings (SSSR count). The van der Waals surface area contributed by atoms with Crippen molar-refractivity contribution in [3.05, 3.63) is 17.2 Å². The van der Waals surface area contributed by atoms with Gasteiger partial charge in [0, 0.05) is 0 Å². The zero-order valence-corrected chi connectivity index (χ0v) is 9.67. The second kappa shape index (κ2) is 4.21. The van der Waals surface area contributed by atoms with E-state index in [1.165, 1.54) is 11.3 Å². The van der Waals surface area contributed by atoms with Crippen molar-refractivity contribution >= 4 is 50.7 Å². The zero-order chi connectivity index (χ0) is 9.42. The number of methoxy groups -OCH3 is 1. The van der Waals surface area contributed by atoms with E-state index in [1.807, 2.05) is 0 Å². The maximum Gasteiger partial charge on any atom is 0.181 e. The molecule has 0 aliphatic rings. The van der Waals surface area contributed by atoms with Crippen LogP contribution in [0, 0.1) is 0 Å². The lowest BCUT2D eigenvalue weighted by Gasteiger charge is -1.99. The van der Waals surface area contributed by atoms with Gasteiger partial charge in [0.15, 0.2) is 5.13 Å². The third-order valence-electron chi connectivity index (χ3n) is 1.69. The number of ether oxygens (including phenoxy) is 1. The summed E-state index contributed by atoms with van der Waals surface area (Å²) in [5, 5.41) is 1.16. The van der Waals surface area contributed by atoms with Gasteiger partial charge in [-0.05, 0) is 12.1 Å². The number of aromatic nitrogens is 1. The number of fused-ring (bicyclic) bond motifs is 1. The number of halogens is 2. The summed E-state index contributed by atoms with van der Waals surface area (Å²) in [6.45, 7) is 0. The summed E-state index contributed by atoms with van der Waals surface area (Å²) in [7, 11) is 1.60. The van der Waals surface area contributed by atoms with Gasteiger partial charge in [-0.3, -0.25) is 0 Å². The molecule has 0 aliphatic heterocycles. The predicted octanol–water partition coefficient (Wildman–Crippen LogP) is 2.96. The van der Waals surface area contributed by atoms with Gasteiger partial charge in [-0.1, -0.05) is 22.9 Å². The van der Waals surface area contributed by atoms with E-state index in [2.05, 4.69) is 4.98 Å². The monoisotopic (exact) mass is 250 g/mol. The largest absolute Gasteiger partial charge is 0.494 e. The van der Waals surface area contributed by atoms with Gasteiger partial charge in [-0.25, -0.2) is 4.98 Å². The number of nitrogen functional groups attached to an aromatic ring is 1. The average molecular weight is 251 g/mol. The molecule has 0 saturated heterocycles. The molecule has 0 radical (unpaired) electrons. The molecule has 2 N–H and O–H groups in total. The fourth-order valence-electron chi connectivity index (χ4n) is 1.13. The Bertz CT molecular complexity index is 458. The Morgan fingerprint density at radius 2 is 2.21 bits per heavy atom. The normalized spacial score (nSPS) is 9.86. The summed E-state index contributed by atoms with van der Waals surface area (Å²) in [5.41, 5.74) is 6.31. The van der Waals surface area contributed by atoms with Gasteiger partial charge in [-0.15, -0.1) is 12.4 Å². The minimum Gasteiger partial charge on any atom is -0.494 e. The average Bonchev–Trinajstić information content (AvgIpc) is 2.48. The Morgan fingerprint density at radius 3 is 2.86 bits per heavy atom. The third-order valence-corrected chi connectivity index (χ3v) is 3.04. The lowest BCUT2D eigenvalue weighted by atomic mass is 10.3. The summed E-state index contributed by atoms with van der Waals surface area (Å²) >= 11 is 7.32. The van der Waals surface area contributed by atoms with Crippen molar-refractivity contribution in [2.24, 2.45) is 0 Å². The molecule has 2 aromatic rings. The van der Waals surface area contributed by atoms with E-state index in [4.69, 9.17) is 22.1 Å². The number of hydrogen-bond donors (Lipinski definition) is 1. The maximum atomic E-state index is 5.96. The van der Waals surface area contributed by atoms with Crippen LogP contribution in [-0.2, 0) is 0 Å². The molecule has 0 spiro atoms. The number of rotatable bonds is 1. The Morgan fingerprint density at radius 1 is 1.50 bits per heavy atom. The van der Waals surface area contributed by atoms with Crippen molar-refractivity contribution in [3.63, 3.8) is 0 Å². The van der Waals surface area contributed by atoms with Gasteiger partial charge < -0.3 is 10.5 Å². The summed E-state index contributed by atoms with van der Waals surface area (Å²) in [4.78, 5) is 4.13. The van der Waals surface area contributed by atoms with Crippen molar-refractivity contribution in [2.75, 3.05) is 12.8 Å². The summed E-state index contributed by atoms with van der Waals surface area (Å²) < 4.78 is 6.00. The van der Waals surface area contributed by atoms with Crippen LogP contribution in [-0.4, -0.2) is 12.1 Å². The third kappa shape index (κ3) is 1.73. The van der Waals surface area contributed by atoms with Gasteiger partial charge in [-0.2, -0.15) is 0 Å². The van der Waals surface area contributed by atoms with Gasteiger partial charge in [0.05, 0.1) is 16.8 Å². The highest BCUT2D eigenvalue weighted by atomic mass is 35.5. The first-order chi connectivity index (χ1) is 6.22. The van der Waals surface area contributed by atoms with Crippen molar-refractivity contribution in [3.8, 4) is 5.75 Å². The van der Waals surface area contributed by atoms with Crippen LogP contribution in [0.15, 0.2) is 12.1 Å². The quantitative estimate of drug-likeness (QED) is 0.847.